The van der Waals surface area contributed by atoms with Gasteiger partial charge in [0, 0.05) is 55.5 Å². The Bertz CT molecular complexity index is 1110. The molecule has 0 spiro atoms. The molecule has 2 aromatic carbocycles. The van der Waals surface area contributed by atoms with Gasteiger partial charge in [0.15, 0.2) is 0 Å². The summed E-state index contributed by atoms with van der Waals surface area (Å²) in [6.45, 7) is 8.92. The van der Waals surface area contributed by atoms with Crippen molar-refractivity contribution < 1.29 is 14.4 Å². The minimum absolute atomic E-state index is 0.00741. The van der Waals surface area contributed by atoms with Crippen molar-refractivity contribution >= 4 is 35.1 Å². The van der Waals surface area contributed by atoms with Crippen molar-refractivity contribution in [1.29, 1.82) is 0 Å². The fourth-order valence-corrected chi connectivity index (χ4v) is 5.09. The number of likely N-dealkylation sites (tertiary alicyclic amines) is 1. The second-order valence-electron chi connectivity index (χ2n) is 9.67. The molecule has 2 aromatic rings. The van der Waals surface area contributed by atoms with E-state index in [4.69, 9.17) is 11.6 Å². The van der Waals surface area contributed by atoms with Crippen LogP contribution in [0.4, 0.5) is 10.5 Å². The first-order chi connectivity index (χ1) is 16.7. The third kappa shape index (κ3) is 5.96. The van der Waals surface area contributed by atoms with Crippen LogP contribution in [0.15, 0.2) is 36.4 Å². The van der Waals surface area contributed by atoms with Gasteiger partial charge in [0.1, 0.15) is 0 Å². The topological polar surface area (TPSA) is 73.0 Å². The predicted molar refractivity (Wildman–Crippen MR) is 138 cm³/mol. The van der Waals surface area contributed by atoms with E-state index in [1.165, 1.54) is 0 Å². The zero-order chi connectivity index (χ0) is 25.1. The van der Waals surface area contributed by atoms with E-state index in [2.05, 4.69) is 11.4 Å². The minimum atomic E-state index is -0.200. The molecule has 186 valence electrons. The third-order valence-electron chi connectivity index (χ3n) is 6.83. The van der Waals surface area contributed by atoms with Crippen molar-refractivity contribution in [3.8, 4) is 0 Å². The van der Waals surface area contributed by atoms with Crippen molar-refractivity contribution in [3.63, 3.8) is 0 Å². The molecule has 35 heavy (non-hydrogen) atoms. The average Bonchev–Trinajstić information content (AvgIpc) is 2.85. The Kier molecular flexibility index (Phi) is 7.65. The molecule has 0 aliphatic carbocycles. The number of nitrogens with one attached hydrogen (secondary N) is 1. The molecule has 1 N–H and O–H groups in total. The molecule has 0 radical (unpaired) electrons. The van der Waals surface area contributed by atoms with Crippen molar-refractivity contribution in [2.45, 2.75) is 33.6 Å². The van der Waals surface area contributed by atoms with Crippen LogP contribution in [0.1, 0.15) is 39.9 Å². The van der Waals surface area contributed by atoms with Gasteiger partial charge in [0.2, 0.25) is 5.91 Å². The van der Waals surface area contributed by atoms with Gasteiger partial charge in [-0.15, -0.1) is 0 Å². The van der Waals surface area contributed by atoms with Crippen LogP contribution in [-0.2, 0) is 4.79 Å². The molecule has 1 atom stereocenters. The van der Waals surface area contributed by atoms with Crippen LogP contribution in [0, 0.1) is 26.7 Å². The maximum Gasteiger partial charge on any atom is 0.321 e. The molecule has 0 bridgehead atoms. The summed E-state index contributed by atoms with van der Waals surface area (Å²) in [5.41, 5.74) is 4.41. The Morgan fingerprint density at radius 1 is 0.857 bits per heavy atom. The summed E-state index contributed by atoms with van der Waals surface area (Å²) in [6.07, 6.45) is 1.60. The highest BCUT2D eigenvalue weighted by molar-refractivity contribution is 6.31. The van der Waals surface area contributed by atoms with E-state index in [0.717, 1.165) is 29.5 Å². The number of amides is 4. The summed E-state index contributed by atoms with van der Waals surface area (Å²) >= 11 is 6.16. The Balaban J connectivity index is 1.31. The molecular formula is C27H33ClN4O3. The molecule has 1 unspecified atom stereocenters. The van der Waals surface area contributed by atoms with Gasteiger partial charge in [0.05, 0.1) is 5.92 Å². The van der Waals surface area contributed by atoms with Gasteiger partial charge in [0.25, 0.3) is 5.91 Å². The molecule has 2 saturated heterocycles. The molecule has 7 nitrogen and oxygen atoms in total. The SMILES string of the molecule is Cc1cc(C)cc(C(=O)N2CCCC(C(=O)N3CCN(C(=O)Nc4ccc(C)c(Cl)c4)CC3)C2)c1. The maximum absolute atomic E-state index is 13.3. The number of carbonyl (C=O) groups excluding carboxylic acids is 3. The number of piperazine rings is 1. The molecule has 8 heteroatoms. The van der Waals surface area contributed by atoms with E-state index in [1.54, 1.807) is 11.0 Å². The van der Waals surface area contributed by atoms with Gasteiger partial charge < -0.3 is 20.0 Å². The summed E-state index contributed by atoms with van der Waals surface area (Å²) in [7, 11) is 0. The maximum atomic E-state index is 13.3. The van der Waals surface area contributed by atoms with Crippen LogP contribution in [0.5, 0.6) is 0 Å². The summed E-state index contributed by atoms with van der Waals surface area (Å²) in [5, 5.41) is 3.49. The Hall–Kier alpha value is -3.06. The van der Waals surface area contributed by atoms with Gasteiger partial charge in [-0.25, -0.2) is 4.79 Å². The summed E-state index contributed by atoms with van der Waals surface area (Å²) in [6, 6.07) is 11.1. The first-order valence-electron chi connectivity index (χ1n) is 12.2. The van der Waals surface area contributed by atoms with Crippen molar-refractivity contribution in [3.05, 3.63) is 63.7 Å². The van der Waals surface area contributed by atoms with Crippen LogP contribution >= 0.6 is 11.6 Å². The van der Waals surface area contributed by atoms with Crippen LogP contribution in [0.3, 0.4) is 0 Å². The smallest absolute Gasteiger partial charge is 0.321 e. The van der Waals surface area contributed by atoms with Gasteiger partial charge >= 0.3 is 6.03 Å². The average molecular weight is 497 g/mol. The Labute approximate surface area is 212 Å². The number of nitrogens with zero attached hydrogens (tertiary/aromatic N) is 3. The Morgan fingerprint density at radius 2 is 1.51 bits per heavy atom. The standard InChI is InChI=1S/C27H33ClN4O3/c1-18-13-19(2)15-22(14-18)26(34)32-8-4-5-21(17-32)25(33)30-9-11-31(12-10-30)27(35)29-23-7-6-20(3)24(28)16-23/h6-7,13-16,21H,4-5,8-12,17H2,1-3H3,(H,29,35). The largest absolute Gasteiger partial charge is 0.339 e. The number of hydrogen-bond acceptors (Lipinski definition) is 3. The number of benzene rings is 2. The van der Waals surface area contributed by atoms with E-state index in [9.17, 15) is 14.4 Å². The van der Waals surface area contributed by atoms with Crippen molar-refractivity contribution in [2.24, 2.45) is 5.92 Å². The molecule has 0 saturated carbocycles. The number of urea groups is 1. The van der Waals surface area contributed by atoms with Gasteiger partial charge in [-0.1, -0.05) is 34.9 Å². The zero-order valence-corrected chi connectivity index (χ0v) is 21.4. The predicted octanol–water partition coefficient (Wildman–Crippen LogP) is 4.49. The summed E-state index contributed by atoms with van der Waals surface area (Å²) in [5.74, 6) is -0.131. The highest BCUT2D eigenvalue weighted by Crippen LogP contribution is 2.23. The molecule has 4 rings (SSSR count). The highest BCUT2D eigenvalue weighted by atomic mass is 35.5. The number of piperidine rings is 1. The quantitative estimate of drug-likeness (QED) is 0.680. The molecule has 2 heterocycles. The van der Waals surface area contributed by atoms with Crippen LogP contribution in [0.2, 0.25) is 5.02 Å². The number of rotatable bonds is 3. The van der Waals surface area contributed by atoms with Gasteiger partial charge in [-0.3, -0.25) is 9.59 Å². The number of halogens is 1. The first-order valence-corrected chi connectivity index (χ1v) is 12.6. The van der Waals surface area contributed by atoms with Crippen molar-refractivity contribution in [1.82, 2.24) is 14.7 Å². The minimum Gasteiger partial charge on any atom is -0.339 e. The van der Waals surface area contributed by atoms with Crippen LogP contribution in [0.25, 0.3) is 0 Å². The summed E-state index contributed by atoms with van der Waals surface area (Å²) < 4.78 is 0. The van der Waals surface area contributed by atoms with Crippen LogP contribution < -0.4 is 5.32 Å². The third-order valence-corrected chi connectivity index (χ3v) is 7.24. The van der Waals surface area contributed by atoms with Gasteiger partial charge in [-0.05, 0) is 63.4 Å². The fourth-order valence-electron chi connectivity index (χ4n) is 4.91. The van der Waals surface area contributed by atoms with E-state index < -0.39 is 0 Å². The number of hydrogen-bond donors (Lipinski definition) is 1. The van der Waals surface area contributed by atoms with Gasteiger partial charge in [-0.2, -0.15) is 0 Å². The van der Waals surface area contributed by atoms with Crippen LogP contribution in [-0.4, -0.2) is 71.8 Å². The fraction of sp³-hybridized carbons (Fsp3) is 0.444. The molecule has 2 aliphatic rings. The Morgan fingerprint density at radius 3 is 2.17 bits per heavy atom. The molecule has 2 aliphatic heterocycles. The van der Waals surface area contributed by atoms with E-state index >= 15 is 0 Å². The lowest BCUT2D eigenvalue weighted by molar-refractivity contribution is -0.138. The highest BCUT2D eigenvalue weighted by Gasteiger charge is 2.33. The first kappa shape index (κ1) is 25.0. The monoisotopic (exact) mass is 496 g/mol. The lowest BCUT2D eigenvalue weighted by Crippen LogP contribution is -2.54. The van der Waals surface area contributed by atoms with Crippen molar-refractivity contribution in [2.75, 3.05) is 44.6 Å². The van der Waals surface area contributed by atoms with E-state index in [0.29, 0.717) is 55.5 Å². The lowest BCUT2D eigenvalue weighted by Gasteiger charge is -2.39. The van der Waals surface area contributed by atoms with E-state index in [1.807, 2.05) is 54.8 Å². The molecule has 4 amide bonds. The molecular weight excluding hydrogens is 464 g/mol. The van der Waals surface area contributed by atoms with E-state index in [-0.39, 0.29) is 23.8 Å². The lowest BCUT2D eigenvalue weighted by atomic mass is 9.95. The number of carbonyl (C=O) groups is 3. The zero-order valence-electron chi connectivity index (χ0n) is 20.6. The molecule has 2 fully saturated rings. The second-order valence-corrected chi connectivity index (χ2v) is 10.1. The normalized spacial score (nSPS) is 18.4. The molecule has 0 aromatic heterocycles. The number of aryl methyl sites for hydroxylation is 3. The summed E-state index contributed by atoms with van der Waals surface area (Å²) in [4.78, 5) is 44.4. The second kappa shape index (κ2) is 10.7. The number of anilines is 1.